The van der Waals surface area contributed by atoms with Gasteiger partial charge in [0, 0.05) is 35.8 Å². The number of aromatic nitrogens is 2. The molecule has 2 heterocycles. The number of carbonyl (C=O) groups excluding carboxylic acids is 3. The summed E-state index contributed by atoms with van der Waals surface area (Å²) in [4.78, 5) is 37.2. The van der Waals surface area contributed by atoms with Crippen molar-refractivity contribution in [3.63, 3.8) is 0 Å². The minimum absolute atomic E-state index is 0.223. The Bertz CT molecular complexity index is 1090. The van der Waals surface area contributed by atoms with E-state index in [0.717, 1.165) is 53.6 Å². The van der Waals surface area contributed by atoms with E-state index in [-0.39, 0.29) is 11.9 Å². The fourth-order valence-electron chi connectivity index (χ4n) is 4.27. The highest BCUT2D eigenvalue weighted by Crippen LogP contribution is 2.34. The molecule has 1 aliphatic rings. The van der Waals surface area contributed by atoms with E-state index in [4.69, 9.17) is 20.1 Å². The Labute approximate surface area is 187 Å². The molecule has 2 aromatic heterocycles. The molecule has 1 aliphatic carbocycles. The second-order valence-electron chi connectivity index (χ2n) is 8.15. The van der Waals surface area contributed by atoms with Gasteiger partial charge in [0.25, 0.3) is 0 Å². The van der Waals surface area contributed by atoms with Crippen molar-refractivity contribution >= 4 is 28.5 Å². The van der Waals surface area contributed by atoms with Crippen molar-refractivity contribution in [2.75, 3.05) is 12.3 Å². The molecule has 0 spiro atoms. The van der Waals surface area contributed by atoms with Crippen LogP contribution in [0, 0.1) is 18.8 Å². The van der Waals surface area contributed by atoms with Crippen LogP contribution < -0.4 is 10.5 Å². The van der Waals surface area contributed by atoms with Gasteiger partial charge in [-0.3, -0.25) is 14.8 Å². The van der Waals surface area contributed by atoms with Crippen LogP contribution in [-0.4, -0.2) is 28.5 Å². The number of nitrogens with two attached hydrogens (primary N) is 1. The van der Waals surface area contributed by atoms with E-state index in [2.05, 4.69) is 9.97 Å². The summed E-state index contributed by atoms with van der Waals surface area (Å²) in [6.07, 6.45) is 8.56. The molecule has 32 heavy (non-hydrogen) atoms. The lowest BCUT2D eigenvalue weighted by Gasteiger charge is -2.28. The van der Waals surface area contributed by atoms with Crippen LogP contribution in [0.1, 0.15) is 48.2 Å². The molecule has 1 aromatic carbocycles. The number of aryl methyl sites for hydroxylation is 1. The maximum absolute atomic E-state index is 12.4. The van der Waals surface area contributed by atoms with Gasteiger partial charge in [0.1, 0.15) is 5.75 Å². The summed E-state index contributed by atoms with van der Waals surface area (Å²) in [5.74, 6) is 2.01. The highest BCUT2D eigenvalue weighted by molar-refractivity contribution is 5.96. The predicted octanol–water partition coefficient (Wildman–Crippen LogP) is 4.40. The van der Waals surface area contributed by atoms with Crippen LogP contribution in [0.4, 0.5) is 5.69 Å². The van der Waals surface area contributed by atoms with E-state index in [9.17, 15) is 4.79 Å². The summed E-state index contributed by atoms with van der Waals surface area (Å²) in [5, 5.41) is 0.898. The van der Waals surface area contributed by atoms with Gasteiger partial charge >= 0.3 is 6.15 Å². The zero-order valence-corrected chi connectivity index (χ0v) is 18.1. The molecule has 1 fully saturated rings. The summed E-state index contributed by atoms with van der Waals surface area (Å²) in [6, 6.07) is 11.4. The standard InChI is InChI=1S/C24H27N3O2.CO2/c1-16-13-20(25)24-21(27-16)3-2-4-23(24)29-15-18-7-5-17(6-8-18)14-22(28)19-9-11-26-12-10-19;2-1-3/h2-4,9-13,17-18H,5-8,14-15H2,1H3,(H2,25,27);. The van der Waals surface area contributed by atoms with Crippen LogP contribution >= 0.6 is 0 Å². The van der Waals surface area contributed by atoms with Gasteiger partial charge in [-0.15, -0.1) is 0 Å². The lowest BCUT2D eigenvalue weighted by Crippen LogP contribution is -2.22. The number of pyridine rings is 2. The number of hydrogen-bond acceptors (Lipinski definition) is 7. The highest BCUT2D eigenvalue weighted by atomic mass is 16.5. The van der Waals surface area contributed by atoms with E-state index in [1.165, 1.54) is 0 Å². The maximum Gasteiger partial charge on any atom is 0.373 e. The van der Waals surface area contributed by atoms with Crippen molar-refractivity contribution in [1.29, 1.82) is 0 Å². The molecular formula is C25H27N3O4. The molecule has 7 heteroatoms. The fourth-order valence-corrected chi connectivity index (χ4v) is 4.27. The SMILES string of the molecule is Cc1cc(N)c2c(OCC3CCC(CC(=O)c4ccncc4)CC3)cccc2n1.O=C=O. The monoisotopic (exact) mass is 433 g/mol. The number of ketones is 1. The van der Waals surface area contributed by atoms with Crippen molar-refractivity contribution < 1.29 is 19.1 Å². The molecular weight excluding hydrogens is 406 g/mol. The van der Waals surface area contributed by atoms with Crippen molar-refractivity contribution in [2.45, 2.75) is 39.0 Å². The molecule has 4 rings (SSSR count). The summed E-state index contributed by atoms with van der Waals surface area (Å²) in [7, 11) is 0. The largest absolute Gasteiger partial charge is 0.493 e. The van der Waals surface area contributed by atoms with E-state index in [0.29, 0.717) is 30.6 Å². The third-order valence-corrected chi connectivity index (χ3v) is 5.87. The Balaban J connectivity index is 0.000000913. The van der Waals surface area contributed by atoms with Gasteiger partial charge in [-0.05, 0) is 74.8 Å². The number of rotatable bonds is 6. The van der Waals surface area contributed by atoms with Crippen LogP contribution in [0.5, 0.6) is 5.75 Å². The average Bonchev–Trinajstić information content (AvgIpc) is 2.79. The lowest BCUT2D eigenvalue weighted by atomic mass is 9.79. The minimum Gasteiger partial charge on any atom is -0.493 e. The third kappa shape index (κ3) is 5.99. The molecule has 2 N–H and O–H groups in total. The Morgan fingerprint density at radius 2 is 1.75 bits per heavy atom. The number of Topliss-reactive ketones (excluding diaryl/α,β-unsaturated/α-hetero) is 1. The first-order valence-corrected chi connectivity index (χ1v) is 10.7. The lowest BCUT2D eigenvalue weighted by molar-refractivity contribution is -0.191. The number of nitrogens with zero attached hydrogens (tertiary/aromatic N) is 2. The first-order chi connectivity index (χ1) is 15.5. The van der Waals surface area contributed by atoms with Crippen molar-refractivity contribution in [1.82, 2.24) is 9.97 Å². The Morgan fingerprint density at radius 1 is 1.09 bits per heavy atom. The average molecular weight is 434 g/mol. The van der Waals surface area contributed by atoms with E-state index >= 15 is 0 Å². The summed E-state index contributed by atoms with van der Waals surface area (Å²) in [5.41, 5.74) is 9.48. The van der Waals surface area contributed by atoms with Crippen LogP contribution in [0.15, 0.2) is 48.8 Å². The van der Waals surface area contributed by atoms with Gasteiger partial charge < -0.3 is 10.5 Å². The second kappa shape index (κ2) is 11.2. The van der Waals surface area contributed by atoms with Crippen LogP contribution in [0.25, 0.3) is 10.9 Å². The van der Waals surface area contributed by atoms with Crippen molar-refractivity contribution in [3.8, 4) is 5.75 Å². The Hall–Kier alpha value is -3.57. The molecule has 166 valence electrons. The second-order valence-corrected chi connectivity index (χ2v) is 8.15. The van der Waals surface area contributed by atoms with Crippen LogP contribution in [-0.2, 0) is 9.59 Å². The van der Waals surface area contributed by atoms with Crippen molar-refractivity contribution in [3.05, 3.63) is 60.0 Å². The molecule has 1 saturated carbocycles. The Morgan fingerprint density at radius 3 is 2.44 bits per heavy atom. The highest BCUT2D eigenvalue weighted by Gasteiger charge is 2.24. The molecule has 0 atom stereocenters. The summed E-state index contributed by atoms with van der Waals surface area (Å²) < 4.78 is 6.17. The molecule has 0 bridgehead atoms. The first kappa shape index (κ1) is 23.1. The number of hydrogen-bond donors (Lipinski definition) is 1. The number of nitrogen functional groups attached to an aromatic ring is 1. The summed E-state index contributed by atoms with van der Waals surface area (Å²) in [6.45, 7) is 2.62. The Kier molecular flexibility index (Phi) is 8.06. The number of fused-ring (bicyclic) bond motifs is 1. The quantitative estimate of drug-likeness (QED) is 0.574. The molecule has 0 amide bonds. The number of carbonyl (C=O) groups is 1. The van der Waals surface area contributed by atoms with Gasteiger partial charge in [0.15, 0.2) is 5.78 Å². The molecule has 0 unspecified atom stereocenters. The van der Waals surface area contributed by atoms with E-state index in [1.54, 1.807) is 24.5 Å². The van der Waals surface area contributed by atoms with Gasteiger partial charge in [-0.2, -0.15) is 9.59 Å². The topological polar surface area (TPSA) is 112 Å². The molecule has 0 aliphatic heterocycles. The van der Waals surface area contributed by atoms with Crippen LogP contribution in [0.2, 0.25) is 0 Å². The molecule has 0 saturated heterocycles. The smallest absolute Gasteiger partial charge is 0.373 e. The zero-order chi connectivity index (χ0) is 22.9. The normalized spacial score (nSPS) is 17.7. The van der Waals surface area contributed by atoms with Crippen molar-refractivity contribution in [2.24, 2.45) is 11.8 Å². The molecule has 0 radical (unpaired) electrons. The van der Waals surface area contributed by atoms with Gasteiger partial charge in [0.05, 0.1) is 17.5 Å². The minimum atomic E-state index is 0.223. The van der Waals surface area contributed by atoms with E-state index in [1.807, 2.05) is 31.2 Å². The van der Waals surface area contributed by atoms with Gasteiger partial charge in [-0.1, -0.05) is 6.07 Å². The predicted molar refractivity (Wildman–Crippen MR) is 120 cm³/mol. The zero-order valence-electron chi connectivity index (χ0n) is 18.1. The summed E-state index contributed by atoms with van der Waals surface area (Å²) >= 11 is 0. The van der Waals surface area contributed by atoms with E-state index < -0.39 is 0 Å². The molecule has 3 aromatic rings. The van der Waals surface area contributed by atoms with Crippen LogP contribution in [0.3, 0.4) is 0 Å². The molecule has 7 nitrogen and oxygen atoms in total. The number of anilines is 1. The van der Waals surface area contributed by atoms with Gasteiger partial charge in [-0.25, -0.2) is 0 Å². The number of ether oxygens (including phenoxy) is 1. The first-order valence-electron chi connectivity index (χ1n) is 10.7. The fraction of sp³-hybridized carbons (Fsp3) is 0.360. The third-order valence-electron chi connectivity index (χ3n) is 5.87. The maximum atomic E-state index is 12.4. The number of benzene rings is 1. The van der Waals surface area contributed by atoms with Gasteiger partial charge in [0.2, 0.25) is 0 Å².